The largest absolute Gasteiger partial charge is 0.490 e. The van der Waals surface area contributed by atoms with Gasteiger partial charge in [0.05, 0.1) is 23.3 Å². The maximum atomic E-state index is 12.2. The van der Waals surface area contributed by atoms with E-state index in [0.717, 1.165) is 6.07 Å². The van der Waals surface area contributed by atoms with Crippen LogP contribution >= 0.6 is 0 Å². The van der Waals surface area contributed by atoms with Gasteiger partial charge in [0.15, 0.2) is 5.75 Å². The van der Waals surface area contributed by atoms with Crippen LogP contribution in [0.4, 0.5) is 11.4 Å². The van der Waals surface area contributed by atoms with E-state index in [0.29, 0.717) is 0 Å². The number of nitro groups is 1. The zero-order valence-corrected chi connectivity index (χ0v) is 12.0. The van der Waals surface area contributed by atoms with E-state index in [4.69, 9.17) is 9.84 Å². The Labute approximate surface area is 130 Å². The number of ether oxygens (including phenoxy) is 1. The Morgan fingerprint density at radius 3 is 2.52 bits per heavy atom. The summed E-state index contributed by atoms with van der Waals surface area (Å²) < 4.78 is 4.86. The van der Waals surface area contributed by atoms with E-state index in [1.807, 2.05) is 0 Å². The SMILES string of the molecule is COc1ccc(C(=O)Nc2ccccc2C(=O)O)cc1[N+](=O)[O-]. The number of nitro benzene ring substituents is 1. The number of para-hydroxylation sites is 1. The van der Waals surface area contributed by atoms with Crippen LogP contribution in [0, 0.1) is 10.1 Å². The minimum Gasteiger partial charge on any atom is -0.490 e. The van der Waals surface area contributed by atoms with Gasteiger partial charge in [0.25, 0.3) is 5.91 Å². The smallest absolute Gasteiger partial charge is 0.337 e. The van der Waals surface area contributed by atoms with Crippen molar-refractivity contribution in [1.29, 1.82) is 0 Å². The standard InChI is InChI=1S/C15H12N2O6/c1-23-13-7-6-9(8-12(13)17(21)22)14(18)16-11-5-3-2-4-10(11)15(19)20/h2-8H,1H3,(H,16,18)(H,19,20). The summed E-state index contributed by atoms with van der Waals surface area (Å²) in [7, 11) is 1.28. The molecule has 0 unspecified atom stereocenters. The summed E-state index contributed by atoms with van der Waals surface area (Å²) in [6, 6.07) is 9.59. The number of aromatic carboxylic acids is 1. The van der Waals surface area contributed by atoms with Crippen molar-refractivity contribution in [2.45, 2.75) is 0 Å². The molecule has 118 valence electrons. The second-order valence-electron chi connectivity index (χ2n) is 4.45. The molecule has 2 N–H and O–H groups in total. The quantitative estimate of drug-likeness (QED) is 0.646. The summed E-state index contributed by atoms with van der Waals surface area (Å²) in [6.45, 7) is 0. The second kappa shape index (κ2) is 6.56. The van der Waals surface area contributed by atoms with E-state index in [-0.39, 0.29) is 28.3 Å². The lowest BCUT2D eigenvalue weighted by Crippen LogP contribution is -2.15. The van der Waals surface area contributed by atoms with Crippen molar-refractivity contribution in [2.75, 3.05) is 12.4 Å². The Morgan fingerprint density at radius 1 is 1.22 bits per heavy atom. The van der Waals surface area contributed by atoms with Crippen LogP contribution in [-0.2, 0) is 0 Å². The maximum Gasteiger partial charge on any atom is 0.337 e. The number of amides is 1. The predicted molar refractivity (Wildman–Crippen MR) is 81.0 cm³/mol. The van der Waals surface area contributed by atoms with E-state index in [1.54, 1.807) is 6.07 Å². The molecule has 2 rings (SSSR count). The van der Waals surface area contributed by atoms with Gasteiger partial charge in [-0.2, -0.15) is 0 Å². The minimum absolute atomic E-state index is 0.0118. The van der Waals surface area contributed by atoms with Crippen LogP contribution in [0.25, 0.3) is 0 Å². The molecule has 0 heterocycles. The molecule has 23 heavy (non-hydrogen) atoms. The topological polar surface area (TPSA) is 119 Å². The van der Waals surface area contributed by atoms with Crippen LogP contribution in [0.2, 0.25) is 0 Å². The Morgan fingerprint density at radius 2 is 1.91 bits per heavy atom. The lowest BCUT2D eigenvalue weighted by Gasteiger charge is -2.09. The monoisotopic (exact) mass is 316 g/mol. The fraction of sp³-hybridized carbons (Fsp3) is 0.0667. The minimum atomic E-state index is -1.19. The molecule has 0 bridgehead atoms. The Balaban J connectivity index is 2.34. The zero-order valence-electron chi connectivity index (χ0n) is 12.0. The summed E-state index contributed by atoms with van der Waals surface area (Å²) in [5.74, 6) is -1.83. The molecule has 1 amide bonds. The predicted octanol–water partition coefficient (Wildman–Crippen LogP) is 2.55. The highest BCUT2D eigenvalue weighted by Crippen LogP contribution is 2.28. The van der Waals surface area contributed by atoms with Gasteiger partial charge in [0.1, 0.15) is 0 Å². The molecule has 8 nitrogen and oxygen atoms in total. The van der Waals surface area contributed by atoms with E-state index >= 15 is 0 Å². The van der Waals surface area contributed by atoms with Crippen molar-refractivity contribution >= 4 is 23.3 Å². The summed E-state index contributed by atoms with van der Waals surface area (Å²) in [5, 5.41) is 22.5. The summed E-state index contributed by atoms with van der Waals surface area (Å²) >= 11 is 0. The first kappa shape index (κ1) is 16.0. The number of methoxy groups -OCH3 is 1. The molecule has 0 aliphatic carbocycles. The van der Waals surface area contributed by atoms with E-state index in [2.05, 4.69) is 5.32 Å². The van der Waals surface area contributed by atoms with Gasteiger partial charge in [-0.05, 0) is 24.3 Å². The van der Waals surface area contributed by atoms with E-state index in [1.165, 1.54) is 37.4 Å². The summed E-state index contributed by atoms with van der Waals surface area (Å²) in [5.41, 5.74) is -0.323. The fourth-order valence-electron chi connectivity index (χ4n) is 1.95. The third kappa shape index (κ3) is 3.43. The highest BCUT2D eigenvalue weighted by atomic mass is 16.6. The normalized spacial score (nSPS) is 9.96. The molecule has 0 radical (unpaired) electrons. The number of hydrogen-bond acceptors (Lipinski definition) is 5. The van der Waals surface area contributed by atoms with Crippen LogP contribution in [0.1, 0.15) is 20.7 Å². The summed E-state index contributed by atoms with van der Waals surface area (Å²) in [4.78, 5) is 33.6. The molecule has 0 aliphatic heterocycles. The van der Waals surface area contributed by atoms with Crippen molar-refractivity contribution in [3.63, 3.8) is 0 Å². The molecule has 0 fully saturated rings. The van der Waals surface area contributed by atoms with Gasteiger partial charge in [-0.1, -0.05) is 12.1 Å². The Kier molecular flexibility index (Phi) is 4.55. The van der Waals surface area contributed by atoms with Gasteiger partial charge in [-0.25, -0.2) is 4.79 Å². The number of carboxylic acid groups (broad SMARTS) is 1. The number of carbonyl (C=O) groups is 2. The average molecular weight is 316 g/mol. The average Bonchev–Trinajstić information content (AvgIpc) is 2.54. The third-order valence-corrected chi connectivity index (χ3v) is 3.04. The first-order valence-corrected chi connectivity index (χ1v) is 6.40. The van der Waals surface area contributed by atoms with Gasteiger partial charge in [0, 0.05) is 11.6 Å². The van der Waals surface area contributed by atoms with Gasteiger partial charge >= 0.3 is 11.7 Å². The van der Waals surface area contributed by atoms with Gasteiger partial charge in [-0.3, -0.25) is 14.9 Å². The molecule has 2 aromatic carbocycles. The Hall–Kier alpha value is -3.42. The van der Waals surface area contributed by atoms with Crippen LogP contribution in [-0.4, -0.2) is 29.0 Å². The molecule has 0 aromatic heterocycles. The molecule has 0 aliphatic rings. The maximum absolute atomic E-state index is 12.2. The fourth-order valence-corrected chi connectivity index (χ4v) is 1.95. The summed E-state index contributed by atoms with van der Waals surface area (Å²) in [6.07, 6.45) is 0. The highest BCUT2D eigenvalue weighted by molar-refractivity contribution is 6.08. The number of rotatable bonds is 5. The van der Waals surface area contributed by atoms with Gasteiger partial charge < -0.3 is 15.2 Å². The zero-order chi connectivity index (χ0) is 17.0. The van der Waals surface area contributed by atoms with Crippen LogP contribution in [0.3, 0.4) is 0 Å². The van der Waals surface area contributed by atoms with Crippen LogP contribution in [0.15, 0.2) is 42.5 Å². The molecule has 0 saturated carbocycles. The van der Waals surface area contributed by atoms with Crippen molar-refractivity contribution in [3.05, 3.63) is 63.7 Å². The number of anilines is 1. The van der Waals surface area contributed by atoms with Gasteiger partial charge in [-0.15, -0.1) is 0 Å². The number of hydrogen-bond donors (Lipinski definition) is 2. The Bertz CT molecular complexity index is 787. The van der Waals surface area contributed by atoms with Gasteiger partial charge in [0.2, 0.25) is 0 Å². The number of carboxylic acids is 1. The molecule has 2 aromatic rings. The number of benzene rings is 2. The van der Waals surface area contributed by atoms with Crippen molar-refractivity contribution in [3.8, 4) is 5.75 Å². The van der Waals surface area contributed by atoms with Crippen LogP contribution in [0.5, 0.6) is 5.75 Å². The highest BCUT2D eigenvalue weighted by Gasteiger charge is 2.19. The van der Waals surface area contributed by atoms with Crippen molar-refractivity contribution in [1.82, 2.24) is 0 Å². The van der Waals surface area contributed by atoms with Crippen LogP contribution < -0.4 is 10.1 Å². The van der Waals surface area contributed by atoms with E-state index < -0.39 is 16.8 Å². The molecular formula is C15H12N2O6. The van der Waals surface area contributed by atoms with Crippen molar-refractivity contribution < 1.29 is 24.4 Å². The molecular weight excluding hydrogens is 304 g/mol. The first-order chi connectivity index (χ1) is 10.9. The molecule has 0 saturated heterocycles. The molecule has 0 spiro atoms. The number of carbonyl (C=O) groups excluding carboxylic acids is 1. The number of nitrogens with one attached hydrogen (secondary N) is 1. The lowest BCUT2D eigenvalue weighted by molar-refractivity contribution is -0.385. The van der Waals surface area contributed by atoms with Crippen molar-refractivity contribution in [2.24, 2.45) is 0 Å². The lowest BCUT2D eigenvalue weighted by atomic mass is 10.1. The third-order valence-electron chi connectivity index (χ3n) is 3.04. The molecule has 0 atom stereocenters. The molecule has 8 heteroatoms. The second-order valence-corrected chi connectivity index (χ2v) is 4.45. The number of nitrogens with zero attached hydrogens (tertiary/aromatic N) is 1. The first-order valence-electron chi connectivity index (χ1n) is 6.40. The van der Waals surface area contributed by atoms with E-state index in [9.17, 15) is 19.7 Å².